The molecule has 11 heteroatoms. The number of aromatic nitrogens is 2. The first-order valence-electron chi connectivity index (χ1n) is 10.5. The molecule has 3 heterocycles. The Kier molecular flexibility index (Phi) is 6.70. The van der Waals surface area contributed by atoms with E-state index in [0.29, 0.717) is 22.0 Å². The smallest absolute Gasteiger partial charge is 0.350 e. The summed E-state index contributed by atoms with van der Waals surface area (Å²) in [4.78, 5) is 33.7. The Hall–Kier alpha value is -3.27. The largest absolute Gasteiger partial charge is 0.433 e. The molecule has 0 radical (unpaired) electrons. The van der Waals surface area contributed by atoms with E-state index < -0.39 is 27.4 Å². The van der Waals surface area contributed by atoms with Crippen molar-refractivity contribution in [2.45, 2.75) is 12.2 Å². The number of nitrogens with one attached hydrogen (secondary N) is 1. The molecule has 1 unspecified atom stereocenters. The number of hydrogen-bond acceptors (Lipinski definition) is 6. The fraction of sp³-hybridized carbons (Fsp3) is 0.304. The van der Waals surface area contributed by atoms with E-state index in [-0.39, 0.29) is 37.0 Å². The van der Waals surface area contributed by atoms with Gasteiger partial charge in [0.25, 0.3) is 5.91 Å². The molecule has 0 bridgehead atoms. The zero-order valence-electron chi connectivity index (χ0n) is 17.9. The monoisotopic (exact) mass is 490 g/mol. The number of hydrogen-bond donors (Lipinski definition) is 1. The maximum Gasteiger partial charge on any atom is 0.433 e. The van der Waals surface area contributed by atoms with Crippen molar-refractivity contribution >= 4 is 31.6 Å². The Morgan fingerprint density at radius 1 is 1.12 bits per heavy atom. The molecule has 0 saturated carbocycles. The summed E-state index contributed by atoms with van der Waals surface area (Å²) in [5.41, 5.74) is 0.539. The quantitative estimate of drug-likeness (QED) is 0.553. The molecule has 2 aromatic heterocycles. The Labute approximate surface area is 194 Å². The third-order valence-corrected chi connectivity index (χ3v) is 7.80. The van der Waals surface area contributed by atoms with Crippen LogP contribution < -0.4 is 5.32 Å². The number of carbonyl (C=O) groups is 1. The fourth-order valence-corrected chi connectivity index (χ4v) is 5.38. The number of carbonyl (C=O) groups excluding carboxylic acids is 2. The lowest BCUT2D eigenvalue weighted by molar-refractivity contribution is -0.141. The van der Waals surface area contributed by atoms with Crippen LogP contribution in [0, 0.1) is 0 Å². The lowest BCUT2D eigenvalue weighted by Crippen LogP contribution is -2.46. The van der Waals surface area contributed by atoms with E-state index in [1.54, 1.807) is 41.8 Å². The van der Waals surface area contributed by atoms with Crippen LogP contribution in [0.15, 0.2) is 54.9 Å². The lowest BCUT2D eigenvalue weighted by Gasteiger charge is -2.35. The predicted molar refractivity (Wildman–Crippen MR) is 121 cm³/mol. The van der Waals surface area contributed by atoms with Crippen LogP contribution in [0.1, 0.15) is 27.7 Å². The maximum absolute atomic E-state index is 13.0. The van der Waals surface area contributed by atoms with E-state index in [4.69, 9.17) is 0 Å². The van der Waals surface area contributed by atoms with Crippen molar-refractivity contribution < 1.29 is 27.0 Å². The van der Waals surface area contributed by atoms with Gasteiger partial charge in [0.15, 0.2) is 5.23 Å². The molecule has 0 aliphatic carbocycles. The topological polar surface area (TPSA) is 92.3 Å². The van der Waals surface area contributed by atoms with Gasteiger partial charge in [-0.15, -0.1) is 0 Å². The van der Waals surface area contributed by atoms with Gasteiger partial charge in [-0.3, -0.25) is 23.9 Å². The molecule has 4 rings (SSSR count). The molecule has 1 N–H and O–H groups in total. The van der Waals surface area contributed by atoms with Gasteiger partial charge < -0.3 is 5.32 Å². The molecule has 34 heavy (non-hydrogen) atoms. The SMILES string of the molecule is O=C=S1(=O)CCN(C(CNC(=O)c2cccc3ncccc23)c2ccc(C(F)(F)F)nc2)CC1. The minimum atomic E-state index is -4.57. The average Bonchev–Trinajstić information content (AvgIpc) is 2.84. The van der Waals surface area contributed by atoms with Crippen LogP contribution in [-0.2, 0) is 20.5 Å². The minimum Gasteiger partial charge on any atom is -0.350 e. The Bertz CT molecular complexity index is 1330. The predicted octanol–water partition coefficient (Wildman–Crippen LogP) is 2.79. The number of amides is 1. The molecule has 1 aliphatic rings. The van der Waals surface area contributed by atoms with Crippen LogP contribution in [-0.4, -0.2) is 61.4 Å². The zero-order valence-corrected chi connectivity index (χ0v) is 18.7. The number of alkyl halides is 3. The first-order chi connectivity index (χ1) is 16.2. The minimum absolute atomic E-state index is 0.0779. The fourth-order valence-electron chi connectivity index (χ4n) is 3.95. The van der Waals surface area contributed by atoms with E-state index in [9.17, 15) is 27.0 Å². The zero-order chi connectivity index (χ0) is 24.3. The number of benzene rings is 1. The van der Waals surface area contributed by atoms with E-state index in [0.717, 1.165) is 12.3 Å². The van der Waals surface area contributed by atoms with E-state index in [2.05, 4.69) is 15.3 Å². The lowest BCUT2D eigenvalue weighted by atomic mass is 10.1. The highest BCUT2D eigenvalue weighted by molar-refractivity contribution is 8.00. The molecule has 1 atom stereocenters. The number of nitrogens with zero attached hydrogens (tertiary/aromatic N) is 3. The van der Waals surface area contributed by atoms with Gasteiger partial charge in [0.05, 0.1) is 21.1 Å². The summed E-state index contributed by atoms with van der Waals surface area (Å²) < 4.78 is 51.2. The third-order valence-electron chi connectivity index (χ3n) is 5.82. The number of pyridine rings is 2. The van der Waals surface area contributed by atoms with Crippen LogP contribution in [0.5, 0.6) is 0 Å². The van der Waals surface area contributed by atoms with Crippen molar-refractivity contribution in [1.29, 1.82) is 0 Å². The highest BCUT2D eigenvalue weighted by Crippen LogP contribution is 2.29. The first kappa shape index (κ1) is 23.9. The summed E-state index contributed by atoms with van der Waals surface area (Å²) in [7, 11) is -2.71. The normalized spacial score (nSPS) is 17.1. The highest BCUT2D eigenvalue weighted by Gasteiger charge is 2.33. The van der Waals surface area contributed by atoms with Gasteiger partial charge >= 0.3 is 6.18 Å². The van der Waals surface area contributed by atoms with Crippen molar-refractivity contribution in [2.24, 2.45) is 0 Å². The molecule has 0 spiro atoms. The standard InChI is InChI=1S/C23H21F3N4O3S/c24-23(25,26)21-7-6-16(13-28-21)20(30-9-11-34(33,15-31)12-10-30)14-29-22(32)18-3-1-5-19-17(18)4-2-8-27-19/h1-8,13,20H,9-12,14H2,(H,29,32). The molecule has 1 fully saturated rings. The molecule has 1 saturated heterocycles. The summed E-state index contributed by atoms with van der Waals surface area (Å²) in [6, 6.07) is 10.4. The van der Waals surface area contributed by atoms with Crippen LogP contribution in [0.4, 0.5) is 13.2 Å². The molecular weight excluding hydrogens is 469 g/mol. The van der Waals surface area contributed by atoms with Gasteiger partial charge in [0.2, 0.25) is 0 Å². The van der Waals surface area contributed by atoms with Crippen molar-refractivity contribution in [1.82, 2.24) is 20.2 Å². The van der Waals surface area contributed by atoms with Crippen LogP contribution >= 0.6 is 0 Å². The number of rotatable bonds is 5. The first-order valence-corrected chi connectivity index (χ1v) is 12.4. The second-order valence-electron chi connectivity index (χ2n) is 7.92. The summed E-state index contributed by atoms with van der Waals surface area (Å²) >= 11 is 0. The van der Waals surface area contributed by atoms with Gasteiger partial charge in [0, 0.05) is 54.5 Å². The number of fused-ring (bicyclic) bond motifs is 1. The van der Waals surface area contributed by atoms with Gasteiger partial charge in [-0.25, -0.2) is 4.79 Å². The molecule has 1 aromatic carbocycles. The van der Waals surface area contributed by atoms with E-state index in [1.807, 2.05) is 4.90 Å². The molecular formula is C23H21F3N4O3S. The summed E-state index contributed by atoms with van der Waals surface area (Å²) in [6.07, 6.45) is -1.80. The Morgan fingerprint density at radius 3 is 2.53 bits per heavy atom. The van der Waals surface area contributed by atoms with Crippen molar-refractivity contribution in [3.8, 4) is 0 Å². The second kappa shape index (κ2) is 9.54. The molecule has 178 valence electrons. The van der Waals surface area contributed by atoms with Gasteiger partial charge in [-0.05, 0) is 29.8 Å². The van der Waals surface area contributed by atoms with Crippen molar-refractivity contribution in [2.75, 3.05) is 31.1 Å². The molecule has 1 aliphatic heterocycles. The van der Waals surface area contributed by atoms with Crippen LogP contribution in [0.25, 0.3) is 10.9 Å². The highest BCUT2D eigenvalue weighted by atomic mass is 32.2. The van der Waals surface area contributed by atoms with Gasteiger partial charge in [-0.1, -0.05) is 18.2 Å². The Balaban J connectivity index is 1.58. The average molecular weight is 491 g/mol. The molecule has 7 nitrogen and oxygen atoms in total. The van der Waals surface area contributed by atoms with Crippen LogP contribution in [0.3, 0.4) is 0 Å². The van der Waals surface area contributed by atoms with Crippen molar-refractivity contribution in [3.05, 3.63) is 71.7 Å². The third kappa shape index (κ3) is 5.11. The molecule has 1 amide bonds. The van der Waals surface area contributed by atoms with E-state index in [1.165, 1.54) is 6.07 Å². The Morgan fingerprint density at radius 2 is 1.88 bits per heavy atom. The summed E-state index contributed by atoms with van der Waals surface area (Å²) in [5.74, 6) is -0.154. The summed E-state index contributed by atoms with van der Waals surface area (Å²) in [5, 5.41) is 5.17. The van der Waals surface area contributed by atoms with E-state index >= 15 is 0 Å². The number of halogens is 3. The van der Waals surface area contributed by atoms with Gasteiger partial charge in [-0.2, -0.15) is 13.2 Å². The van der Waals surface area contributed by atoms with Gasteiger partial charge in [0.1, 0.15) is 5.69 Å². The van der Waals surface area contributed by atoms with Crippen molar-refractivity contribution in [3.63, 3.8) is 0 Å². The maximum atomic E-state index is 13.0. The van der Waals surface area contributed by atoms with Crippen LogP contribution in [0.2, 0.25) is 0 Å². The molecule has 3 aromatic rings. The second-order valence-corrected chi connectivity index (χ2v) is 10.5. The summed E-state index contributed by atoms with van der Waals surface area (Å²) in [6.45, 7) is 0.621.